The molecule has 238 valence electrons. The van der Waals surface area contributed by atoms with Crippen LogP contribution in [-0.2, 0) is 20.6 Å². The number of carbonyl (C=O) groups excluding carboxylic acids is 2. The predicted octanol–water partition coefficient (Wildman–Crippen LogP) is 6.65. The highest BCUT2D eigenvalue weighted by Gasteiger charge is 2.50. The van der Waals surface area contributed by atoms with Crippen LogP contribution in [0.3, 0.4) is 0 Å². The molecule has 0 unspecified atom stereocenters. The lowest BCUT2D eigenvalue weighted by atomic mass is 9.98. The minimum absolute atomic E-state index is 0.131. The van der Waals surface area contributed by atoms with Gasteiger partial charge in [-0.3, -0.25) is 9.69 Å². The fourth-order valence-corrected chi connectivity index (χ4v) is 10.7. The number of carbonyl (C=O) groups is 2. The average molecular weight is 627 g/mol. The number of rotatable bonds is 12. The zero-order valence-corrected chi connectivity index (χ0v) is 28.5. The van der Waals surface area contributed by atoms with Crippen molar-refractivity contribution in [1.29, 1.82) is 0 Å². The molecule has 45 heavy (non-hydrogen) atoms. The van der Waals surface area contributed by atoms with Gasteiger partial charge in [-0.05, 0) is 40.0 Å². The molecule has 0 N–H and O–H groups in total. The first-order valence-electron chi connectivity index (χ1n) is 15.5. The first-order chi connectivity index (χ1) is 21.5. The maximum Gasteiger partial charge on any atom is 0.410 e. The van der Waals surface area contributed by atoms with Gasteiger partial charge in [0.05, 0.1) is 12.3 Å². The average Bonchev–Trinajstić information content (AvgIpc) is 3.58. The lowest BCUT2D eigenvalue weighted by Crippen LogP contribution is -2.67. The highest BCUT2D eigenvalue weighted by molar-refractivity contribution is 6.99. The lowest BCUT2D eigenvalue weighted by molar-refractivity contribution is -0.138. The summed E-state index contributed by atoms with van der Waals surface area (Å²) >= 11 is 0. The smallest absolute Gasteiger partial charge is 0.410 e. The van der Waals surface area contributed by atoms with E-state index in [-0.39, 0.29) is 23.5 Å². The number of amides is 2. The molecule has 2 amide bonds. The molecule has 0 saturated heterocycles. The quantitative estimate of drug-likeness (QED) is 0.165. The molecular formula is C37H46N2O5Si. The zero-order chi connectivity index (χ0) is 32.6. The summed E-state index contributed by atoms with van der Waals surface area (Å²) in [6, 6.07) is 33.0. The molecule has 0 aliphatic carbocycles. The van der Waals surface area contributed by atoms with Gasteiger partial charge in [-0.25, -0.2) is 4.79 Å². The fraction of sp³-hybridized carbons (Fsp3) is 0.351. The van der Waals surface area contributed by atoms with E-state index in [1.807, 2.05) is 54.6 Å². The van der Waals surface area contributed by atoms with Crippen LogP contribution in [0.5, 0.6) is 0 Å². The second kappa shape index (κ2) is 14.8. The Hall–Kier alpha value is -4.14. The molecule has 1 aromatic heterocycles. The number of ether oxygens (including phenoxy) is 1. The van der Waals surface area contributed by atoms with E-state index in [1.54, 1.807) is 32.2 Å². The van der Waals surface area contributed by atoms with E-state index in [9.17, 15) is 9.59 Å². The lowest BCUT2D eigenvalue weighted by Gasteiger charge is -2.44. The summed E-state index contributed by atoms with van der Waals surface area (Å²) in [7, 11) is 0.543. The van der Waals surface area contributed by atoms with Crippen LogP contribution in [0.15, 0.2) is 114 Å². The van der Waals surface area contributed by atoms with Crippen LogP contribution in [0.4, 0.5) is 4.79 Å². The number of benzene rings is 3. The van der Waals surface area contributed by atoms with Crippen molar-refractivity contribution in [2.75, 3.05) is 20.7 Å². The highest BCUT2D eigenvalue weighted by atomic mass is 28.4. The molecule has 0 aliphatic rings. The van der Waals surface area contributed by atoms with E-state index in [1.165, 1.54) is 15.3 Å². The van der Waals surface area contributed by atoms with Crippen LogP contribution in [0, 0.1) is 5.92 Å². The van der Waals surface area contributed by atoms with Gasteiger partial charge in [0.1, 0.15) is 18.4 Å². The van der Waals surface area contributed by atoms with Crippen molar-refractivity contribution in [1.82, 2.24) is 9.80 Å². The summed E-state index contributed by atoms with van der Waals surface area (Å²) in [5, 5.41) is 2.20. The fourth-order valence-electron chi connectivity index (χ4n) is 6.00. The topological polar surface area (TPSA) is 72.2 Å². The predicted molar refractivity (Wildman–Crippen MR) is 181 cm³/mol. The van der Waals surface area contributed by atoms with Crippen LogP contribution < -0.4 is 10.4 Å². The molecule has 3 aromatic carbocycles. The van der Waals surface area contributed by atoms with Crippen molar-refractivity contribution in [3.8, 4) is 0 Å². The van der Waals surface area contributed by atoms with Crippen molar-refractivity contribution in [2.24, 2.45) is 5.92 Å². The van der Waals surface area contributed by atoms with Gasteiger partial charge in [0.15, 0.2) is 0 Å². The van der Waals surface area contributed by atoms with Gasteiger partial charge in [-0.2, -0.15) is 0 Å². The third kappa shape index (κ3) is 7.57. The van der Waals surface area contributed by atoms with Gasteiger partial charge in [-0.15, -0.1) is 0 Å². The van der Waals surface area contributed by atoms with Crippen molar-refractivity contribution >= 4 is 30.7 Å². The minimum atomic E-state index is -2.80. The van der Waals surface area contributed by atoms with E-state index in [2.05, 4.69) is 76.2 Å². The van der Waals surface area contributed by atoms with Gasteiger partial charge in [0.25, 0.3) is 8.32 Å². The van der Waals surface area contributed by atoms with Gasteiger partial charge in [0, 0.05) is 26.6 Å². The number of furan rings is 1. The Kier molecular flexibility index (Phi) is 11.1. The second-order valence-electron chi connectivity index (χ2n) is 12.7. The molecule has 0 bridgehead atoms. The van der Waals surface area contributed by atoms with Crippen LogP contribution in [0.1, 0.15) is 52.0 Å². The van der Waals surface area contributed by atoms with Crippen molar-refractivity contribution in [2.45, 2.75) is 58.3 Å². The van der Waals surface area contributed by atoms with Crippen LogP contribution in [0.2, 0.25) is 5.04 Å². The Morgan fingerprint density at radius 3 is 1.80 bits per heavy atom. The summed E-state index contributed by atoms with van der Waals surface area (Å²) in [5.41, 5.74) is 0.878. The van der Waals surface area contributed by atoms with Crippen LogP contribution in [-0.4, -0.2) is 56.9 Å². The monoisotopic (exact) mass is 626 g/mol. The Bertz CT molecular complexity index is 1450. The molecular weight excluding hydrogens is 581 g/mol. The molecule has 1 heterocycles. The highest BCUT2D eigenvalue weighted by Crippen LogP contribution is 2.38. The molecule has 7 nitrogen and oxygen atoms in total. The standard InChI is InChI=1S/C37H46N2O5Si/c1-28(26-44-45(37(3,4)5,31-20-13-9-14-21-31)32-22-15-10-16-23-32)34(33-24-17-25-42-33)39(7)35(40)29(2)38(6)36(41)43-27-30-18-11-8-12-19-30/h8-25,28-29,34H,26-27H2,1-7H3/t28-,29+,34-/m0/s1. The third-order valence-electron chi connectivity index (χ3n) is 8.55. The molecule has 8 heteroatoms. The Balaban J connectivity index is 1.57. The van der Waals surface area contributed by atoms with Gasteiger partial charge in [0.2, 0.25) is 5.91 Å². The first kappa shape index (κ1) is 33.7. The summed E-state index contributed by atoms with van der Waals surface area (Å²) in [6.07, 6.45) is 1.05. The van der Waals surface area contributed by atoms with E-state index in [4.69, 9.17) is 13.6 Å². The van der Waals surface area contributed by atoms with Gasteiger partial charge in [-0.1, -0.05) is 119 Å². The van der Waals surface area contributed by atoms with E-state index >= 15 is 0 Å². The molecule has 4 rings (SSSR count). The molecule has 0 spiro atoms. The summed E-state index contributed by atoms with van der Waals surface area (Å²) < 4.78 is 18.6. The summed E-state index contributed by atoms with van der Waals surface area (Å²) in [5.74, 6) is 0.285. The Labute approximate surface area is 268 Å². The molecule has 0 aliphatic heterocycles. The second-order valence-corrected chi connectivity index (χ2v) is 17.0. The number of nitrogens with zero attached hydrogens (tertiary/aromatic N) is 2. The van der Waals surface area contributed by atoms with Crippen molar-refractivity contribution in [3.05, 3.63) is 121 Å². The minimum Gasteiger partial charge on any atom is -0.467 e. The zero-order valence-electron chi connectivity index (χ0n) is 27.5. The summed E-state index contributed by atoms with van der Waals surface area (Å²) in [4.78, 5) is 29.8. The van der Waals surface area contributed by atoms with E-state index < -0.39 is 26.5 Å². The van der Waals surface area contributed by atoms with Crippen molar-refractivity contribution < 1.29 is 23.2 Å². The number of likely N-dealkylation sites (N-methyl/N-ethyl adjacent to an activating group) is 2. The molecule has 0 radical (unpaired) electrons. The number of hydrogen-bond donors (Lipinski definition) is 0. The van der Waals surface area contributed by atoms with Crippen LogP contribution >= 0.6 is 0 Å². The van der Waals surface area contributed by atoms with E-state index in [0.717, 1.165) is 5.56 Å². The van der Waals surface area contributed by atoms with Gasteiger partial charge >= 0.3 is 6.09 Å². The summed E-state index contributed by atoms with van der Waals surface area (Å²) in [6.45, 7) is 11.1. The van der Waals surface area contributed by atoms with Gasteiger partial charge < -0.3 is 18.5 Å². The molecule has 3 atom stereocenters. The van der Waals surface area contributed by atoms with E-state index in [0.29, 0.717) is 12.4 Å². The maximum absolute atomic E-state index is 13.9. The SMILES string of the molecule is C[C@H](C(=O)N(C)[C@H](c1ccco1)[C@@H](C)CO[Si](c1ccccc1)(c1ccccc1)C(C)(C)C)N(C)C(=O)OCc1ccccc1. The molecule has 0 saturated carbocycles. The first-order valence-corrected chi connectivity index (χ1v) is 17.4. The maximum atomic E-state index is 13.9. The Morgan fingerprint density at radius 2 is 1.31 bits per heavy atom. The van der Waals surface area contributed by atoms with Crippen LogP contribution in [0.25, 0.3) is 0 Å². The van der Waals surface area contributed by atoms with Crippen molar-refractivity contribution in [3.63, 3.8) is 0 Å². The largest absolute Gasteiger partial charge is 0.467 e. The number of hydrogen-bond acceptors (Lipinski definition) is 5. The molecule has 0 fully saturated rings. The normalized spacial score (nSPS) is 13.8. The molecule has 4 aromatic rings. The Morgan fingerprint density at radius 1 is 0.778 bits per heavy atom. The third-order valence-corrected chi connectivity index (χ3v) is 13.6.